The van der Waals surface area contributed by atoms with Crippen LogP contribution in [0.15, 0.2) is 41.5 Å². The molecule has 0 aromatic heterocycles. The molecular weight excluding hydrogens is 98.1 g/mol. The Morgan fingerprint density at radius 2 is 2.12 bits per heavy atom. The first-order chi connectivity index (χ1) is 3.91. The van der Waals surface area contributed by atoms with Gasteiger partial charge in [0, 0.05) is 11.6 Å². The lowest BCUT2D eigenvalue weighted by Crippen LogP contribution is -1.40. The highest BCUT2D eigenvalue weighted by Crippen LogP contribution is 1.59. The number of aliphatic imine (C=N–C) groups is 1. The van der Waals surface area contributed by atoms with Crippen molar-refractivity contribution >= 4 is 5.87 Å². The van der Waals surface area contributed by atoms with Gasteiger partial charge in [0.15, 0.2) is 0 Å². The molecule has 0 aliphatic heterocycles. The fourth-order valence-electron chi connectivity index (χ4n) is 0.150. The van der Waals surface area contributed by atoms with Crippen molar-refractivity contribution in [2.75, 3.05) is 0 Å². The fourth-order valence-corrected chi connectivity index (χ4v) is 0.150. The van der Waals surface area contributed by atoms with Gasteiger partial charge in [-0.1, -0.05) is 12.3 Å². The molecule has 1 nitrogen and oxygen atoms in total. The van der Waals surface area contributed by atoms with Crippen LogP contribution in [0.3, 0.4) is 0 Å². The van der Waals surface area contributed by atoms with Crippen molar-refractivity contribution in [1.82, 2.24) is 0 Å². The van der Waals surface area contributed by atoms with Crippen LogP contribution >= 0.6 is 0 Å². The maximum Gasteiger partial charge on any atom is 0.0788 e. The molecule has 0 rings (SSSR count). The van der Waals surface area contributed by atoms with E-state index in [0.29, 0.717) is 0 Å². The third-order valence-electron chi connectivity index (χ3n) is 0.365. The summed E-state index contributed by atoms with van der Waals surface area (Å²) in [5.41, 5.74) is 7.19. The Labute approximate surface area is 48.4 Å². The minimum absolute atomic E-state index is 1.38. The minimum Gasteiger partial charge on any atom is -0.197 e. The van der Waals surface area contributed by atoms with E-state index in [1.165, 1.54) is 6.20 Å². The zero-order chi connectivity index (χ0) is 6.24. The van der Waals surface area contributed by atoms with E-state index < -0.39 is 0 Å². The van der Waals surface area contributed by atoms with Crippen molar-refractivity contribution < 1.29 is 0 Å². The summed E-state index contributed by atoms with van der Waals surface area (Å²) in [6, 6.07) is 0. The molecule has 0 radical (unpaired) electrons. The van der Waals surface area contributed by atoms with Gasteiger partial charge in [-0.3, -0.25) is 0 Å². The van der Waals surface area contributed by atoms with Gasteiger partial charge >= 0.3 is 0 Å². The van der Waals surface area contributed by atoms with Crippen LogP contribution in [0.1, 0.15) is 0 Å². The standard InChI is InChI=1S/C7H5N/c1-3-5-7-8-6-4-2/h6H,1-2H2. The first-order valence-corrected chi connectivity index (χ1v) is 1.98. The minimum atomic E-state index is 1.38. The van der Waals surface area contributed by atoms with Gasteiger partial charge in [-0.25, -0.2) is 0 Å². The smallest absolute Gasteiger partial charge is 0.0788 e. The van der Waals surface area contributed by atoms with E-state index in [2.05, 4.69) is 41.2 Å². The van der Waals surface area contributed by atoms with Gasteiger partial charge in [-0.05, 0) is 6.58 Å². The Hall–Kier alpha value is -1.47. The number of nitrogens with zero attached hydrogens (tertiary/aromatic N) is 1. The average Bonchev–Trinajstić information content (AvgIpc) is 1.81. The van der Waals surface area contributed by atoms with Crippen molar-refractivity contribution in [1.29, 1.82) is 0 Å². The predicted octanol–water partition coefficient (Wildman–Crippen LogP) is 1.45. The van der Waals surface area contributed by atoms with Crippen LogP contribution in [0, 0.1) is 0 Å². The SMILES string of the molecule is C=C=C=C=NC=C=C. The predicted molar refractivity (Wildman–Crippen MR) is 33.8 cm³/mol. The Morgan fingerprint density at radius 3 is 2.62 bits per heavy atom. The topological polar surface area (TPSA) is 12.4 Å². The molecule has 0 unspecified atom stereocenters. The highest BCUT2D eigenvalue weighted by molar-refractivity contribution is 5.50. The summed E-state index contributed by atoms with van der Waals surface area (Å²) in [5.74, 6) is 2.38. The summed E-state index contributed by atoms with van der Waals surface area (Å²) < 4.78 is 0. The molecule has 0 heterocycles. The second-order valence-corrected chi connectivity index (χ2v) is 0.876. The van der Waals surface area contributed by atoms with E-state index in [0.717, 1.165) is 0 Å². The second-order valence-electron chi connectivity index (χ2n) is 0.876. The van der Waals surface area contributed by atoms with Crippen molar-refractivity contribution in [2.45, 2.75) is 0 Å². The number of hydrogen-bond acceptors (Lipinski definition) is 1. The largest absolute Gasteiger partial charge is 0.197 e. The Bertz CT molecular complexity index is 213. The van der Waals surface area contributed by atoms with E-state index in [1.807, 2.05) is 0 Å². The fraction of sp³-hybridized carbons (Fsp3) is 0. The molecule has 0 N–H and O–H groups in total. The van der Waals surface area contributed by atoms with Crippen LogP contribution < -0.4 is 0 Å². The summed E-state index contributed by atoms with van der Waals surface area (Å²) in [6.45, 7) is 6.53. The Balaban J connectivity index is 4.25. The van der Waals surface area contributed by atoms with Crippen LogP contribution in [-0.2, 0) is 0 Å². The van der Waals surface area contributed by atoms with Gasteiger partial charge in [-0.2, -0.15) is 4.99 Å². The van der Waals surface area contributed by atoms with Crippen LogP contribution in [0.5, 0.6) is 0 Å². The van der Waals surface area contributed by atoms with Crippen molar-refractivity contribution in [3.05, 3.63) is 36.6 Å². The number of rotatable bonds is 1. The van der Waals surface area contributed by atoms with E-state index in [4.69, 9.17) is 0 Å². The average molecular weight is 103 g/mol. The molecule has 0 aromatic rings. The van der Waals surface area contributed by atoms with Gasteiger partial charge in [0.25, 0.3) is 0 Å². The molecule has 0 amide bonds. The van der Waals surface area contributed by atoms with E-state index in [9.17, 15) is 0 Å². The molecule has 1 heteroatoms. The third kappa shape index (κ3) is 4.53. The highest BCUT2D eigenvalue weighted by atomic mass is 14.6. The van der Waals surface area contributed by atoms with Gasteiger partial charge in [-0.15, -0.1) is 5.73 Å². The Morgan fingerprint density at radius 1 is 1.38 bits per heavy atom. The molecule has 0 aliphatic carbocycles. The number of hydrogen-bond donors (Lipinski definition) is 0. The first kappa shape index (κ1) is 6.53. The molecule has 0 fully saturated rings. The molecule has 0 saturated heterocycles. The lowest BCUT2D eigenvalue weighted by molar-refractivity contribution is 1.63. The third-order valence-corrected chi connectivity index (χ3v) is 0.365. The van der Waals surface area contributed by atoms with Crippen LogP contribution in [0.4, 0.5) is 0 Å². The highest BCUT2D eigenvalue weighted by Gasteiger charge is 1.44. The van der Waals surface area contributed by atoms with Crippen LogP contribution in [0.2, 0.25) is 0 Å². The van der Waals surface area contributed by atoms with E-state index in [-0.39, 0.29) is 0 Å². The lowest BCUT2D eigenvalue weighted by atomic mass is 10.8. The van der Waals surface area contributed by atoms with Gasteiger partial charge in [0.1, 0.15) is 0 Å². The molecule has 0 atom stereocenters. The van der Waals surface area contributed by atoms with Gasteiger partial charge < -0.3 is 0 Å². The molecule has 0 saturated carbocycles. The van der Waals surface area contributed by atoms with Gasteiger partial charge in [0.05, 0.1) is 6.20 Å². The molecule has 0 aromatic carbocycles. The molecule has 0 aliphatic rings. The molecule has 0 spiro atoms. The van der Waals surface area contributed by atoms with Crippen LogP contribution in [0.25, 0.3) is 0 Å². The van der Waals surface area contributed by atoms with Crippen molar-refractivity contribution in [2.24, 2.45) is 4.99 Å². The molecule has 0 bridgehead atoms. The summed E-state index contributed by atoms with van der Waals surface area (Å²) in [4.78, 5) is 3.52. The normalized spacial score (nSPS) is 4.50. The zero-order valence-corrected chi connectivity index (χ0v) is 4.44. The monoisotopic (exact) mass is 103 g/mol. The van der Waals surface area contributed by atoms with Crippen molar-refractivity contribution in [3.63, 3.8) is 0 Å². The maximum absolute atomic E-state index is 3.52. The first-order valence-electron chi connectivity index (χ1n) is 1.98. The van der Waals surface area contributed by atoms with E-state index in [1.54, 1.807) is 0 Å². The maximum atomic E-state index is 3.52. The quantitative estimate of drug-likeness (QED) is 0.352. The van der Waals surface area contributed by atoms with E-state index >= 15 is 0 Å². The van der Waals surface area contributed by atoms with Crippen LogP contribution in [-0.4, -0.2) is 5.87 Å². The van der Waals surface area contributed by atoms with Gasteiger partial charge in [0.2, 0.25) is 0 Å². The second kappa shape index (κ2) is 5.53. The van der Waals surface area contributed by atoms with Crippen molar-refractivity contribution in [3.8, 4) is 0 Å². The summed E-state index contributed by atoms with van der Waals surface area (Å²) in [6.07, 6.45) is 1.38. The summed E-state index contributed by atoms with van der Waals surface area (Å²) in [7, 11) is 0. The Kier molecular flexibility index (Phi) is 4.51. The summed E-state index contributed by atoms with van der Waals surface area (Å²) >= 11 is 0. The molecule has 8 heavy (non-hydrogen) atoms. The molecule has 38 valence electrons. The lowest BCUT2D eigenvalue weighted by Gasteiger charge is -1.52. The summed E-state index contributed by atoms with van der Waals surface area (Å²) in [5, 5.41) is 0. The zero-order valence-electron chi connectivity index (χ0n) is 4.44. The molecular formula is C7H5N.